The van der Waals surface area contributed by atoms with Crippen LogP contribution in [0.2, 0.25) is 0 Å². The van der Waals surface area contributed by atoms with E-state index in [2.05, 4.69) is 46.5 Å². The zero-order chi connectivity index (χ0) is 14.4. The zero-order valence-corrected chi connectivity index (χ0v) is 12.0. The van der Waals surface area contributed by atoms with E-state index in [1.54, 1.807) is 13.3 Å². The van der Waals surface area contributed by atoms with Gasteiger partial charge >= 0.3 is 6.01 Å². The average molecular weight is 273 g/mol. The maximum atomic E-state index is 5.24. The lowest BCUT2D eigenvalue weighted by Crippen LogP contribution is -2.05. The van der Waals surface area contributed by atoms with Crippen LogP contribution in [0.5, 0.6) is 11.9 Å². The molecule has 20 heavy (non-hydrogen) atoms. The molecule has 0 bridgehead atoms. The lowest BCUT2D eigenvalue weighted by molar-refractivity contribution is 0.349. The summed E-state index contributed by atoms with van der Waals surface area (Å²) in [6, 6.07) is 8.66. The van der Waals surface area contributed by atoms with Crippen LogP contribution in [0.25, 0.3) is 0 Å². The second kappa shape index (κ2) is 6.75. The molecule has 1 aromatic heterocycles. The molecule has 1 aromatic carbocycles. The molecular weight excluding hydrogens is 254 g/mol. The van der Waals surface area contributed by atoms with Gasteiger partial charge in [-0.1, -0.05) is 19.1 Å². The molecule has 5 heteroatoms. The van der Waals surface area contributed by atoms with Crippen molar-refractivity contribution in [2.45, 2.75) is 19.9 Å². The maximum Gasteiger partial charge on any atom is 0.319 e. The van der Waals surface area contributed by atoms with Gasteiger partial charge in [-0.25, -0.2) is 4.98 Å². The zero-order valence-electron chi connectivity index (χ0n) is 12.0. The smallest absolute Gasteiger partial charge is 0.319 e. The lowest BCUT2D eigenvalue weighted by Gasteiger charge is -2.10. The molecule has 0 aliphatic rings. The fourth-order valence-electron chi connectivity index (χ4n) is 1.83. The van der Waals surface area contributed by atoms with Gasteiger partial charge in [0, 0.05) is 18.4 Å². The number of aromatic nitrogens is 2. The molecule has 1 N–H and O–H groups in total. The summed E-state index contributed by atoms with van der Waals surface area (Å²) in [5, 5.41) is 3.32. The highest BCUT2D eigenvalue weighted by Crippen LogP contribution is 2.19. The van der Waals surface area contributed by atoms with Crippen LogP contribution in [0.3, 0.4) is 0 Å². The first-order chi connectivity index (χ1) is 9.76. The van der Waals surface area contributed by atoms with Crippen LogP contribution in [0.1, 0.15) is 18.1 Å². The van der Waals surface area contributed by atoms with Crippen molar-refractivity contribution >= 4 is 5.69 Å². The largest absolute Gasteiger partial charge is 0.481 e. The Bertz CT molecular complexity index is 556. The van der Waals surface area contributed by atoms with Gasteiger partial charge in [0.05, 0.1) is 19.8 Å². The van der Waals surface area contributed by atoms with Crippen molar-refractivity contribution in [3.63, 3.8) is 0 Å². The fourth-order valence-corrected chi connectivity index (χ4v) is 1.83. The van der Waals surface area contributed by atoms with Crippen molar-refractivity contribution in [1.82, 2.24) is 9.97 Å². The normalized spacial score (nSPS) is 10.2. The van der Waals surface area contributed by atoms with E-state index in [1.807, 2.05) is 0 Å². The standard InChI is InChI=1S/C15H19N3O2/c1-4-11-5-7-13(8-6-11)16-9-12-10-17-15(20-3)18-14(12)19-2/h5-8,10,16H,4,9H2,1-3H3. The summed E-state index contributed by atoms with van der Waals surface area (Å²) in [5.41, 5.74) is 3.26. The number of aryl methyl sites for hydroxylation is 1. The molecule has 0 unspecified atom stereocenters. The minimum absolute atomic E-state index is 0.304. The molecule has 0 amide bonds. The number of nitrogens with one attached hydrogen (secondary N) is 1. The third-order valence-electron chi connectivity index (χ3n) is 3.02. The minimum atomic E-state index is 0.304. The Balaban J connectivity index is 2.05. The van der Waals surface area contributed by atoms with Gasteiger partial charge in [-0.2, -0.15) is 4.98 Å². The number of hydrogen-bond acceptors (Lipinski definition) is 5. The molecule has 0 saturated heterocycles. The van der Waals surface area contributed by atoms with Gasteiger partial charge in [-0.15, -0.1) is 0 Å². The highest BCUT2D eigenvalue weighted by Gasteiger charge is 2.07. The summed E-state index contributed by atoms with van der Waals surface area (Å²) < 4.78 is 10.2. The van der Waals surface area contributed by atoms with Gasteiger partial charge in [0.25, 0.3) is 0 Å². The molecule has 5 nitrogen and oxygen atoms in total. The van der Waals surface area contributed by atoms with Gasteiger partial charge in [-0.3, -0.25) is 0 Å². The number of anilines is 1. The van der Waals surface area contributed by atoms with Gasteiger partial charge in [0.1, 0.15) is 0 Å². The van der Waals surface area contributed by atoms with Crippen molar-refractivity contribution in [1.29, 1.82) is 0 Å². The van der Waals surface area contributed by atoms with Crippen molar-refractivity contribution in [3.05, 3.63) is 41.6 Å². The molecule has 2 rings (SSSR count). The van der Waals surface area contributed by atoms with Gasteiger partial charge in [0.2, 0.25) is 5.88 Å². The predicted molar refractivity (Wildman–Crippen MR) is 78.3 cm³/mol. The first-order valence-corrected chi connectivity index (χ1v) is 6.53. The van der Waals surface area contributed by atoms with Crippen molar-refractivity contribution in [3.8, 4) is 11.9 Å². The van der Waals surface area contributed by atoms with E-state index in [0.29, 0.717) is 18.4 Å². The summed E-state index contributed by atoms with van der Waals surface area (Å²) in [7, 11) is 3.11. The van der Waals surface area contributed by atoms with E-state index in [0.717, 1.165) is 17.7 Å². The monoisotopic (exact) mass is 273 g/mol. The van der Waals surface area contributed by atoms with Gasteiger partial charge in [0.15, 0.2) is 0 Å². The molecule has 0 aliphatic carbocycles. The maximum absolute atomic E-state index is 5.24. The number of benzene rings is 1. The van der Waals surface area contributed by atoms with E-state index >= 15 is 0 Å². The first-order valence-electron chi connectivity index (χ1n) is 6.53. The van der Waals surface area contributed by atoms with Crippen LogP contribution in [0, 0.1) is 0 Å². The van der Waals surface area contributed by atoms with E-state index in [4.69, 9.17) is 9.47 Å². The second-order valence-electron chi connectivity index (χ2n) is 4.30. The van der Waals surface area contributed by atoms with E-state index in [1.165, 1.54) is 12.7 Å². The first kappa shape index (κ1) is 14.1. The van der Waals surface area contributed by atoms with Crippen LogP contribution >= 0.6 is 0 Å². The second-order valence-corrected chi connectivity index (χ2v) is 4.30. The minimum Gasteiger partial charge on any atom is -0.481 e. The number of rotatable bonds is 6. The molecule has 0 saturated carbocycles. The highest BCUT2D eigenvalue weighted by molar-refractivity contribution is 5.45. The van der Waals surface area contributed by atoms with Crippen molar-refractivity contribution in [2.24, 2.45) is 0 Å². The van der Waals surface area contributed by atoms with Crippen LogP contribution < -0.4 is 14.8 Å². The van der Waals surface area contributed by atoms with Crippen LogP contribution in [0.15, 0.2) is 30.5 Å². The quantitative estimate of drug-likeness (QED) is 0.877. The summed E-state index contributed by atoms with van der Waals surface area (Å²) >= 11 is 0. The molecule has 0 fully saturated rings. The van der Waals surface area contributed by atoms with E-state index in [-0.39, 0.29) is 0 Å². The molecule has 1 heterocycles. The Morgan fingerprint density at radius 2 is 1.85 bits per heavy atom. The number of methoxy groups -OCH3 is 2. The Labute approximate surface area is 119 Å². The lowest BCUT2D eigenvalue weighted by atomic mass is 10.1. The Morgan fingerprint density at radius 3 is 2.45 bits per heavy atom. The summed E-state index contributed by atoms with van der Waals surface area (Å²) in [5.74, 6) is 0.523. The highest BCUT2D eigenvalue weighted by atomic mass is 16.5. The van der Waals surface area contributed by atoms with Crippen molar-refractivity contribution in [2.75, 3.05) is 19.5 Å². The van der Waals surface area contributed by atoms with Gasteiger partial charge in [-0.05, 0) is 24.1 Å². The molecule has 2 aromatic rings. The summed E-state index contributed by atoms with van der Waals surface area (Å²) in [4.78, 5) is 8.25. The Hall–Kier alpha value is -2.30. The number of hydrogen-bond donors (Lipinski definition) is 1. The topological polar surface area (TPSA) is 56.3 Å². The number of nitrogens with zero attached hydrogens (tertiary/aromatic N) is 2. The summed E-state index contributed by atoms with van der Waals surface area (Å²) in [6.45, 7) is 2.74. The Morgan fingerprint density at radius 1 is 1.10 bits per heavy atom. The molecule has 0 spiro atoms. The Kier molecular flexibility index (Phi) is 4.76. The molecule has 0 aliphatic heterocycles. The number of ether oxygens (including phenoxy) is 2. The summed E-state index contributed by atoms with van der Waals surface area (Å²) in [6.07, 6.45) is 2.75. The predicted octanol–water partition coefficient (Wildman–Crippen LogP) is 2.67. The van der Waals surface area contributed by atoms with Crippen LogP contribution in [-0.2, 0) is 13.0 Å². The van der Waals surface area contributed by atoms with Crippen molar-refractivity contribution < 1.29 is 9.47 Å². The van der Waals surface area contributed by atoms with E-state index < -0.39 is 0 Å². The van der Waals surface area contributed by atoms with E-state index in [9.17, 15) is 0 Å². The van der Waals surface area contributed by atoms with Gasteiger partial charge < -0.3 is 14.8 Å². The van der Waals surface area contributed by atoms with Crippen LogP contribution in [-0.4, -0.2) is 24.2 Å². The fraction of sp³-hybridized carbons (Fsp3) is 0.333. The van der Waals surface area contributed by atoms with Crippen LogP contribution in [0.4, 0.5) is 5.69 Å². The average Bonchev–Trinajstić information content (AvgIpc) is 2.53. The SMILES string of the molecule is CCc1ccc(NCc2cnc(OC)nc2OC)cc1. The molecule has 0 atom stereocenters. The third kappa shape index (κ3) is 3.38. The third-order valence-corrected chi connectivity index (χ3v) is 3.02. The molecule has 106 valence electrons. The molecule has 0 radical (unpaired) electrons. The molecular formula is C15H19N3O2.